The molecule has 0 saturated carbocycles. The number of para-hydroxylation sites is 1. The smallest absolute Gasteiger partial charge is 0.418 e. The van der Waals surface area contributed by atoms with Crippen molar-refractivity contribution < 1.29 is 19.1 Å². The predicted octanol–water partition coefficient (Wildman–Crippen LogP) is 1.44. The van der Waals surface area contributed by atoms with Gasteiger partial charge in [-0.15, -0.1) is 0 Å². The molecule has 0 bridgehead atoms. The summed E-state index contributed by atoms with van der Waals surface area (Å²) in [7, 11) is 0. The van der Waals surface area contributed by atoms with Crippen molar-refractivity contribution in [3.63, 3.8) is 0 Å². The van der Waals surface area contributed by atoms with E-state index in [-0.39, 0.29) is 6.61 Å². The third-order valence-corrected chi connectivity index (χ3v) is 2.16. The van der Waals surface area contributed by atoms with E-state index in [1.54, 1.807) is 38.1 Å². The van der Waals surface area contributed by atoms with Crippen LogP contribution in [0, 0.1) is 0 Å². The highest BCUT2D eigenvalue weighted by atomic mass is 16.6. The molecule has 0 spiro atoms. The number of carbonyl (C=O) groups is 2. The molecule has 1 atom stereocenters. The fraction of sp³-hybridized carbons (Fsp3) is 0.333. The van der Waals surface area contributed by atoms with Crippen molar-refractivity contribution in [2.75, 3.05) is 12.3 Å². The van der Waals surface area contributed by atoms with E-state index in [0.717, 1.165) is 0 Å². The molecule has 0 fully saturated rings. The van der Waals surface area contributed by atoms with Gasteiger partial charge in [-0.05, 0) is 19.9 Å². The van der Waals surface area contributed by atoms with Gasteiger partial charge in [0, 0.05) is 11.3 Å². The van der Waals surface area contributed by atoms with Crippen LogP contribution in [-0.4, -0.2) is 18.5 Å². The van der Waals surface area contributed by atoms with Gasteiger partial charge < -0.3 is 15.2 Å². The van der Waals surface area contributed by atoms with Gasteiger partial charge in [-0.2, -0.15) is 0 Å². The van der Waals surface area contributed by atoms with Crippen LogP contribution >= 0.6 is 0 Å². The summed E-state index contributed by atoms with van der Waals surface area (Å²) in [6.07, 6.45) is -0.590. The highest BCUT2D eigenvalue weighted by molar-refractivity contribution is 6.29. The molecule has 17 heavy (non-hydrogen) atoms. The quantitative estimate of drug-likeness (QED) is 0.489. The zero-order chi connectivity index (χ0) is 12.8. The van der Waals surface area contributed by atoms with Crippen molar-refractivity contribution in [2.45, 2.75) is 20.0 Å². The number of esters is 2. The molecule has 0 heterocycles. The maximum atomic E-state index is 11.3. The van der Waals surface area contributed by atoms with Gasteiger partial charge in [0.15, 0.2) is 0 Å². The first-order chi connectivity index (χ1) is 8.06. The van der Waals surface area contributed by atoms with Gasteiger partial charge in [0.05, 0.1) is 6.61 Å². The minimum Gasteiger partial charge on any atom is -0.458 e. The van der Waals surface area contributed by atoms with Gasteiger partial charge in [-0.3, -0.25) is 0 Å². The highest BCUT2D eigenvalue weighted by Crippen LogP contribution is 2.22. The molecule has 2 N–H and O–H groups in total. The molecular weight excluding hydrogens is 222 g/mol. The first-order valence-electron chi connectivity index (χ1n) is 5.28. The van der Waals surface area contributed by atoms with Gasteiger partial charge in [0.1, 0.15) is 6.10 Å². The van der Waals surface area contributed by atoms with Crippen molar-refractivity contribution in [1.29, 1.82) is 0 Å². The summed E-state index contributed by atoms with van der Waals surface area (Å²) in [5.41, 5.74) is 6.89. The Kier molecular flexibility index (Phi) is 4.51. The summed E-state index contributed by atoms with van der Waals surface area (Å²) in [5.74, 6) is -2.00. The molecule has 5 nitrogen and oxygen atoms in total. The van der Waals surface area contributed by atoms with Gasteiger partial charge in [-0.25, -0.2) is 9.59 Å². The third-order valence-electron chi connectivity index (χ3n) is 2.16. The Morgan fingerprint density at radius 1 is 1.29 bits per heavy atom. The Balaban J connectivity index is 2.67. The first kappa shape index (κ1) is 13.0. The molecule has 0 aromatic heterocycles. The molecule has 1 aromatic rings. The van der Waals surface area contributed by atoms with Gasteiger partial charge in [0.25, 0.3) is 0 Å². The molecule has 1 aromatic carbocycles. The van der Waals surface area contributed by atoms with Gasteiger partial charge >= 0.3 is 11.9 Å². The number of nitrogens with two attached hydrogens (primary N) is 1. The topological polar surface area (TPSA) is 78.6 Å². The number of carbonyl (C=O) groups excluding carboxylic acids is 2. The Bertz CT molecular complexity index is 417. The second-order valence-electron chi connectivity index (χ2n) is 3.40. The maximum Gasteiger partial charge on any atom is 0.418 e. The van der Waals surface area contributed by atoms with E-state index in [9.17, 15) is 9.59 Å². The molecule has 5 heteroatoms. The molecule has 1 rings (SSSR count). The van der Waals surface area contributed by atoms with E-state index < -0.39 is 18.0 Å². The van der Waals surface area contributed by atoms with Crippen LogP contribution in [0.2, 0.25) is 0 Å². The summed E-state index contributed by atoms with van der Waals surface area (Å²) in [5, 5.41) is 0. The molecule has 0 saturated heterocycles. The summed E-state index contributed by atoms with van der Waals surface area (Å²) in [6.45, 7) is 3.39. The Morgan fingerprint density at radius 3 is 2.53 bits per heavy atom. The van der Waals surface area contributed by atoms with E-state index in [1.807, 2.05) is 0 Å². The second-order valence-corrected chi connectivity index (χ2v) is 3.40. The molecule has 0 radical (unpaired) electrons. The van der Waals surface area contributed by atoms with E-state index in [0.29, 0.717) is 11.3 Å². The fourth-order valence-corrected chi connectivity index (χ4v) is 1.34. The van der Waals surface area contributed by atoms with Crippen LogP contribution in [0.3, 0.4) is 0 Å². The lowest BCUT2D eigenvalue weighted by atomic mass is 10.1. The van der Waals surface area contributed by atoms with E-state index in [4.69, 9.17) is 10.5 Å². The first-order valence-corrected chi connectivity index (χ1v) is 5.28. The molecule has 92 valence electrons. The molecular formula is C12H15NO4. The number of hydrogen-bond acceptors (Lipinski definition) is 5. The van der Waals surface area contributed by atoms with E-state index >= 15 is 0 Å². The monoisotopic (exact) mass is 237 g/mol. The lowest BCUT2D eigenvalue weighted by Crippen LogP contribution is -2.22. The maximum absolute atomic E-state index is 11.3. The minimum atomic E-state index is -1.01. The van der Waals surface area contributed by atoms with Crippen molar-refractivity contribution in [3.8, 4) is 0 Å². The average molecular weight is 237 g/mol. The summed E-state index contributed by atoms with van der Waals surface area (Å²) >= 11 is 0. The van der Waals surface area contributed by atoms with Gasteiger partial charge in [0.2, 0.25) is 0 Å². The van der Waals surface area contributed by atoms with Crippen LogP contribution in [0.5, 0.6) is 0 Å². The minimum absolute atomic E-state index is 0.135. The van der Waals surface area contributed by atoms with E-state index in [2.05, 4.69) is 4.74 Å². The lowest BCUT2D eigenvalue weighted by Gasteiger charge is -2.14. The summed E-state index contributed by atoms with van der Waals surface area (Å²) in [6, 6.07) is 6.99. The SMILES string of the molecule is CCOC(=O)C(=O)OC(C)c1ccccc1N. The largest absolute Gasteiger partial charge is 0.458 e. The number of ether oxygens (including phenoxy) is 2. The predicted molar refractivity (Wildman–Crippen MR) is 62.0 cm³/mol. The highest BCUT2D eigenvalue weighted by Gasteiger charge is 2.21. The van der Waals surface area contributed by atoms with Crippen LogP contribution in [0.15, 0.2) is 24.3 Å². The summed E-state index contributed by atoms with van der Waals surface area (Å²) < 4.78 is 9.46. The normalized spacial score (nSPS) is 11.6. The molecule has 0 aliphatic heterocycles. The van der Waals surface area contributed by atoms with Gasteiger partial charge in [-0.1, -0.05) is 18.2 Å². The molecule has 0 amide bonds. The number of nitrogen functional groups attached to an aromatic ring is 1. The Hall–Kier alpha value is -2.04. The van der Waals surface area contributed by atoms with Crippen molar-refractivity contribution in [1.82, 2.24) is 0 Å². The van der Waals surface area contributed by atoms with Crippen molar-refractivity contribution in [3.05, 3.63) is 29.8 Å². The van der Waals surface area contributed by atoms with Crippen LogP contribution in [0.1, 0.15) is 25.5 Å². The number of anilines is 1. The second kappa shape index (κ2) is 5.89. The van der Waals surface area contributed by atoms with E-state index in [1.165, 1.54) is 0 Å². The molecule has 0 aliphatic carbocycles. The zero-order valence-corrected chi connectivity index (χ0v) is 9.80. The zero-order valence-electron chi connectivity index (χ0n) is 9.80. The van der Waals surface area contributed by atoms with Crippen molar-refractivity contribution >= 4 is 17.6 Å². The fourth-order valence-electron chi connectivity index (χ4n) is 1.34. The number of rotatable bonds is 3. The van der Waals surface area contributed by atoms with Crippen LogP contribution < -0.4 is 5.73 Å². The number of hydrogen-bond donors (Lipinski definition) is 1. The van der Waals surface area contributed by atoms with Crippen LogP contribution in [0.4, 0.5) is 5.69 Å². The lowest BCUT2D eigenvalue weighted by molar-refractivity contribution is -0.170. The molecule has 1 unspecified atom stereocenters. The molecule has 0 aliphatic rings. The standard InChI is InChI=1S/C12H15NO4/c1-3-16-11(14)12(15)17-8(2)9-6-4-5-7-10(9)13/h4-8H,3,13H2,1-2H3. The Labute approximate surface area is 99.5 Å². The third kappa shape index (κ3) is 3.48. The van der Waals surface area contributed by atoms with Crippen molar-refractivity contribution in [2.24, 2.45) is 0 Å². The van der Waals surface area contributed by atoms with Crippen LogP contribution in [0.25, 0.3) is 0 Å². The van der Waals surface area contributed by atoms with Crippen LogP contribution in [-0.2, 0) is 19.1 Å². The Morgan fingerprint density at radius 2 is 1.94 bits per heavy atom. The average Bonchev–Trinajstić information content (AvgIpc) is 2.29. The summed E-state index contributed by atoms with van der Waals surface area (Å²) in [4.78, 5) is 22.4. The number of benzene rings is 1.